The Bertz CT molecular complexity index is 447. The van der Waals surface area contributed by atoms with Gasteiger partial charge in [-0.05, 0) is 25.1 Å². The number of ether oxygens (including phenoxy) is 1. The van der Waals surface area contributed by atoms with Crippen molar-refractivity contribution in [3.05, 3.63) is 35.4 Å². The first kappa shape index (κ1) is 14.2. The van der Waals surface area contributed by atoms with Gasteiger partial charge in [0.2, 0.25) is 0 Å². The summed E-state index contributed by atoms with van der Waals surface area (Å²) < 4.78 is 5.15. The van der Waals surface area contributed by atoms with Crippen LogP contribution in [0.1, 0.15) is 22.8 Å². The predicted octanol–water partition coefficient (Wildman–Crippen LogP) is 0.763. The van der Waals surface area contributed by atoms with Crippen LogP contribution in [0.2, 0.25) is 0 Å². The summed E-state index contributed by atoms with van der Waals surface area (Å²) in [7, 11) is 0. The fourth-order valence-electron chi connectivity index (χ4n) is 1.37. The first-order valence-corrected chi connectivity index (χ1v) is 5.93. The van der Waals surface area contributed by atoms with E-state index in [9.17, 15) is 4.79 Å². The Morgan fingerprint density at radius 3 is 3.06 bits per heavy atom. The zero-order valence-electron chi connectivity index (χ0n) is 10.5. The molecule has 4 heteroatoms. The second-order valence-corrected chi connectivity index (χ2v) is 3.54. The molecule has 0 unspecified atom stereocenters. The summed E-state index contributed by atoms with van der Waals surface area (Å²) >= 11 is 0. The summed E-state index contributed by atoms with van der Waals surface area (Å²) in [6.07, 6.45) is 0. The highest BCUT2D eigenvalue weighted by Crippen LogP contribution is 2.03. The van der Waals surface area contributed by atoms with E-state index in [1.165, 1.54) is 0 Å². The molecule has 3 N–H and O–H groups in total. The van der Waals surface area contributed by atoms with Crippen LogP contribution in [0.4, 0.5) is 0 Å². The van der Waals surface area contributed by atoms with E-state index in [-0.39, 0.29) is 5.91 Å². The van der Waals surface area contributed by atoms with Crippen molar-refractivity contribution in [2.24, 2.45) is 5.73 Å². The van der Waals surface area contributed by atoms with Gasteiger partial charge in [0.1, 0.15) is 0 Å². The maximum Gasteiger partial charge on any atom is 0.251 e. The minimum atomic E-state index is -0.119. The third-order valence-electron chi connectivity index (χ3n) is 2.20. The maximum atomic E-state index is 11.8. The monoisotopic (exact) mass is 246 g/mol. The molecular formula is C14H18N2O2. The van der Waals surface area contributed by atoms with Gasteiger partial charge in [-0.2, -0.15) is 0 Å². The molecule has 0 fully saturated rings. The van der Waals surface area contributed by atoms with E-state index in [4.69, 9.17) is 10.5 Å². The normalized spacial score (nSPS) is 9.44. The Labute approximate surface area is 108 Å². The lowest BCUT2D eigenvalue weighted by Crippen LogP contribution is -2.27. The lowest BCUT2D eigenvalue weighted by molar-refractivity contribution is 0.0922. The molecule has 0 spiro atoms. The molecule has 1 aromatic rings. The Hall–Kier alpha value is -1.83. The average molecular weight is 246 g/mol. The van der Waals surface area contributed by atoms with Crippen LogP contribution < -0.4 is 11.1 Å². The molecular weight excluding hydrogens is 228 g/mol. The van der Waals surface area contributed by atoms with Crippen molar-refractivity contribution in [3.63, 3.8) is 0 Å². The lowest BCUT2D eigenvalue weighted by Gasteiger charge is -2.05. The van der Waals surface area contributed by atoms with Gasteiger partial charge in [-0.1, -0.05) is 17.9 Å². The predicted molar refractivity (Wildman–Crippen MR) is 71.2 cm³/mol. The Kier molecular flexibility index (Phi) is 6.55. The standard InChI is InChI=1S/C14H18N2O2/c1-2-18-10-9-16-14(17)13-7-3-5-12(11-13)6-4-8-15/h3,5,7,11H,2,8-10,15H2,1H3,(H,16,17). The molecule has 0 atom stereocenters. The second-order valence-electron chi connectivity index (χ2n) is 3.54. The summed E-state index contributed by atoms with van der Waals surface area (Å²) in [6.45, 7) is 3.91. The molecule has 1 amide bonds. The SMILES string of the molecule is CCOCCNC(=O)c1cccc(C#CCN)c1. The van der Waals surface area contributed by atoms with Crippen LogP contribution in [0.25, 0.3) is 0 Å². The van der Waals surface area contributed by atoms with Gasteiger partial charge in [0.15, 0.2) is 0 Å². The van der Waals surface area contributed by atoms with E-state index in [1.54, 1.807) is 18.2 Å². The molecule has 0 aliphatic heterocycles. The average Bonchev–Trinajstić information content (AvgIpc) is 2.41. The van der Waals surface area contributed by atoms with Crippen LogP contribution in [-0.2, 0) is 4.74 Å². The summed E-state index contributed by atoms with van der Waals surface area (Å²) in [5.74, 6) is 5.53. The summed E-state index contributed by atoms with van der Waals surface area (Å²) in [4.78, 5) is 11.8. The number of hydrogen-bond acceptors (Lipinski definition) is 3. The van der Waals surface area contributed by atoms with Gasteiger partial charge in [0, 0.05) is 24.3 Å². The first-order chi connectivity index (χ1) is 8.77. The number of rotatable bonds is 5. The summed E-state index contributed by atoms with van der Waals surface area (Å²) in [6, 6.07) is 7.15. The molecule has 96 valence electrons. The van der Waals surface area contributed by atoms with Gasteiger partial charge in [-0.3, -0.25) is 4.79 Å². The van der Waals surface area contributed by atoms with Crippen molar-refractivity contribution < 1.29 is 9.53 Å². The van der Waals surface area contributed by atoms with Crippen molar-refractivity contribution in [1.82, 2.24) is 5.32 Å². The number of nitrogens with one attached hydrogen (secondary N) is 1. The molecule has 0 radical (unpaired) electrons. The van der Waals surface area contributed by atoms with Crippen molar-refractivity contribution >= 4 is 5.91 Å². The molecule has 0 aliphatic carbocycles. The molecule has 0 heterocycles. The molecule has 1 rings (SSSR count). The van der Waals surface area contributed by atoms with Gasteiger partial charge in [-0.15, -0.1) is 0 Å². The van der Waals surface area contributed by atoms with Crippen molar-refractivity contribution in [1.29, 1.82) is 0 Å². The minimum Gasteiger partial charge on any atom is -0.380 e. The highest BCUT2D eigenvalue weighted by atomic mass is 16.5. The number of nitrogens with two attached hydrogens (primary N) is 1. The van der Waals surface area contributed by atoms with Crippen LogP contribution in [0.5, 0.6) is 0 Å². The van der Waals surface area contributed by atoms with E-state index in [2.05, 4.69) is 17.2 Å². The fraction of sp³-hybridized carbons (Fsp3) is 0.357. The Balaban J connectivity index is 2.57. The highest BCUT2D eigenvalue weighted by Gasteiger charge is 2.04. The molecule has 1 aromatic carbocycles. The largest absolute Gasteiger partial charge is 0.380 e. The van der Waals surface area contributed by atoms with Crippen LogP contribution in [0, 0.1) is 11.8 Å². The van der Waals surface area contributed by atoms with Gasteiger partial charge in [0.05, 0.1) is 13.2 Å². The molecule has 0 saturated heterocycles. The van der Waals surface area contributed by atoms with Gasteiger partial charge in [-0.25, -0.2) is 0 Å². The number of benzene rings is 1. The zero-order valence-corrected chi connectivity index (χ0v) is 10.5. The van der Waals surface area contributed by atoms with Crippen molar-refractivity contribution in [2.45, 2.75) is 6.92 Å². The van der Waals surface area contributed by atoms with E-state index in [0.29, 0.717) is 31.9 Å². The van der Waals surface area contributed by atoms with Gasteiger partial charge < -0.3 is 15.8 Å². The van der Waals surface area contributed by atoms with E-state index >= 15 is 0 Å². The number of hydrogen-bond donors (Lipinski definition) is 2. The van der Waals surface area contributed by atoms with Crippen molar-refractivity contribution in [2.75, 3.05) is 26.3 Å². The van der Waals surface area contributed by atoms with Gasteiger partial charge in [0.25, 0.3) is 5.91 Å². The summed E-state index contributed by atoms with van der Waals surface area (Å²) in [5, 5.41) is 2.78. The Morgan fingerprint density at radius 2 is 2.33 bits per heavy atom. The van der Waals surface area contributed by atoms with Crippen LogP contribution in [0.15, 0.2) is 24.3 Å². The third kappa shape index (κ3) is 5.00. The summed E-state index contributed by atoms with van der Waals surface area (Å²) in [5.41, 5.74) is 6.68. The number of amides is 1. The fourth-order valence-corrected chi connectivity index (χ4v) is 1.37. The molecule has 0 bridgehead atoms. The quantitative estimate of drug-likeness (QED) is 0.595. The van der Waals surface area contributed by atoms with E-state index < -0.39 is 0 Å². The number of carbonyl (C=O) groups excluding carboxylic acids is 1. The smallest absolute Gasteiger partial charge is 0.251 e. The van der Waals surface area contributed by atoms with Gasteiger partial charge >= 0.3 is 0 Å². The first-order valence-electron chi connectivity index (χ1n) is 5.93. The van der Waals surface area contributed by atoms with E-state index in [1.807, 2.05) is 13.0 Å². The highest BCUT2D eigenvalue weighted by molar-refractivity contribution is 5.94. The molecule has 18 heavy (non-hydrogen) atoms. The zero-order chi connectivity index (χ0) is 13.2. The van der Waals surface area contributed by atoms with Crippen LogP contribution >= 0.6 is 0 Å². The molecule has 0 aliphatic rings. The van der Waals surface area contributed by atoms with Crippen molar-refractivity contribution in [3.8, 4) is 11.8 Å². The topological polar surface area (TPSA) is 64.3 Å². The maximum absolute atomic E-state index is 11.8. The third-order valence-corrected chi connectivity index (χ3v) is 2.20. The molecule has 0 aromatic heterocycles. The molecule has 4 nitrogen and oxygen atoms in total. The van der Waals surface area contributed by atoms with Crippen LogP contribution in [-0.4, -0.2) is 32.2 Å². The minimum absolute atomic E-state index is 0.119. The van der Waals surface area contributed by atoms with Crippen LogP contribution in [0.3, 0.4) is 0 Å². The molecule has 0 saturated carbocycles. The Morgan fingerprint density at radius 1 is 1.50 bits per heavy atom. The van der Waals surface area contributed by atoms with E-state index in [0.717, 1.165) is 5.56 Å². The number of carbonyl (C=O) groups is 1. The lowest BCUT2D eigenvalue weighted by atomic mass is 10.1. The second kappa shape index (κ2) is 8.29.